The molecule has 0 spiro atoms. The summed E-state index contributed by atoms with van der Waals surface area (Å²) in [7, 11) is -1.14. The first-order valence-electron chi connectivity index (χ1n) is 12.6. The SMILES string of the molecule is Cn1cc(-n2cc(CCC(C)(C)N3CCS(=O)(=O)CC3)c3ccc(-c4cccc(OC(F)(F)F)c4)nc32)cn1. The van der Waals surface area contributed by atoms with Crippen molar-refractivity contribution in [3.05, 3.63) is 60.6 Å². The Balaban J connectivity index is 1.47. The summed E-state index contributed by atoms with van der Waals surface area (Å²) in [5, 5.41) is 5.22. The van der Waals surface area contributed by atoms with E-state index in [0.717, 1.165) is 29.5 Å². The molecule has 4 heterocycles. The van der Waals surface area contributed by atoms with Crippen molar-refractivity contribution in [2.45, 2.75) is 38.6 Å². The summed E-state index contributed by atoms with van der Waals surface area (Å²) in [5.74, 6) is 0.0510. The fourth-order valence-corrected chi connectivity index (χ4v) is 6.23. The quantitative estimate of drug-likeness (QED) is 0.324. The summed E-state index contributed by atoms with van der Waals surface area (Å²) >= 11 is 0. The van der Waals surface area contributed by atoms with Gasteiger partial charge < -0.3 is 4.74 Å². The molecule has 0 unspecified atom stereocenters. The van der Waals surface area contributed by atoms with Crippen LogP contribution in [0.1, 0.15) is 25.8 Å². The van der Waals surface area contributed by atoms with E-state index in [1.54, 1.807) is 23.0 Å². The predicted octanol–water partition coefficient (Wildman–Crippen LogP) is 4.77. The van der Waals surface area contributed by atoms with Crippen LogP contribution in [0.5, 0.6) is 5.75 Å². The van der Waals surface area contributed by atoms with Gasteiger partial charge in [0, 0.05) is 49.0 Å². The highest BCUT2D eigenvalue weighted by Crippen LogP contribution is 2.32. The van der Waals surface area contributed by atoms with Crippen molar-refractivity contribution < 1.29 is 26.3 Å². The Morgan fingerprint density at radius 1 is 1.05 bits per heavy atom. The fourth-order valence-electron chi connectivity index (χ4n) is 5.03. The van der Waals surface area contributed by atoms with Crippen LogP contribution in [0.15, 0.2) is 55.0 Å². The number of hydrogen-bond acceptors (Lipinski definition) is 6. The lowest BCUT2D eigenvalue weighted by Gasteiger charge is -2.41. The summed E-state index contributed by atoms with van der Waals surface area (Å²) in [6.07, 6.45) is 2.38. The molecule has 0 radical (unpaired) electrons. The number of hydrogen-bond donors (Lipinski definition) is 0. The molecule has 1 aliphatic heterocycles. The van der Waals surface area contributed by atoms with E-state index in [0.29, 0.717) is 30.0 Å². The molecule has 0 aliphatic carbocycles. The maximum atomic E-state index is 12.8. The zero-order chi connectivity index (χ0) is 28.0. The van der Waals surface area contributed by atoms with E-state index in [1.165, 1.54) is 18.2 Å². The van der Waals surface area contributed by atoms with E-state index in [4.69, 9.17) is 4.98 Å². The normalized spacial score (nSPS) is 16.6. The lowest BCUT2D eigenvalue weighted by atomic mass is 9.93. The van der Waals surface area contributed by atoms with Gasteiger partial charge in [0.15, 0.2) is 9.84 Å². The average molecular weight is 562 g/mol. The second kappa shape index (κ2) is 9.98. The minimum Gasteiger partial charge on any atom is -0.406 e. The molecule has 5 rings (SSSR count). The van der Waals surface area contributed by atoms with Gasteiger partial charge in [-0.3, -0.25) is 14.1 Å². The van der Waals surface area contributed by atoms with E-state index >= 15 is 0 Å². The van der Waals surface area contributed by atoms with Crippen molar-refractivity contribution in [3.63, 3.8) is 0 Å². The molecule has 0 saturated carbocycles. The molecule has 0 atom stereocenters. The first kappa shape index (κ1) is 27.2. The van der Waals surface area contributed by atoms with Crippen LogP contribution in [0.2, 0.25) is 0 Å². The molecular formula is C27H30F3N5O3S. The van der Waals surface area contributed by atoms with Gasteiger partial charge in [0.2, 0.25) is 0 Å². The second-order valence-electron chi connectivity index (χ2n) is 10.5. The molecule has 1 aliphatic rings. The number of sulfone groups is 1. The summed E-state index contributed by atoms with van der Waals surface area (Å²) in [6.45, 7) is 5.32. The molecule has 1 fully saturated rings. The number of halogens is 3. The van der Waals surface area contributed by atoms with Gasteiger partial charge in [-0.2, -0.15) is 5.10 Å². The third-order valence-electron chi connectivity index (χ3n) is 7.27. The Kier molecular flexibility index (Phi) is 6.96. The van der Waals surface area contributed by atoms with Crippen LogP contribution in [0, 0.1) is 0 Å². The number of benzene rings is 1. The third-order valence-corrected chi connectivity index (χ3v) is 8.88. The molecule has 1 saturated heterocycles. The Bertz CT molecular complexity index is 1590. The van der Waals surface area contributed by atoms with Crippen LogP contribution in [0.3, 0.4) is 0 Å². The first-order valence-corrected chi connectivity index (χ1v) is 14.4. The number of ether oxygens (including phenoxy) is 1. The number of nitrogens with zero attached hydrogens (tertiary/aromatic N) is 5. The van der Waals surface area contributed by atoms with Gasteiger partial charge >= 0.3 is 6.36 Å². The number of aryl methyl sites for hydroxylation is 2. The molecule has 8 nitrogen and oxygen atoms in total. The highest BCUT2D eigenvalue weighted by atomic mass is 32.2. The molecule has 0 bridgehead atoms. The molecule has 4 aromatic rings. The molecule has 1 aromatic carbocycles. The lowest BCUT2D eigenvalue weighted by Crippen LogP contribution is -2.51. The van der Waals surface area contributed by atoms with E-state index < -0.39 is 16.2 Å². The first-order chi connectivity index (χ1) is 18.3. The van der Waals surface area contributed by atoms with E-state index in [1.807, 2.05) is 30.1 Å². The highest BCUT2D eigenvalue weighted by Gasteiger charge is 2.33. The maximum Gasteiger partial charge on any atom is 0.573 e. The Hall–Kier alpha value is -3.38. The summed E-state index contributed by atoms with van der Waals surface area (Å²) in [4.78, 5) is 7.09. The van der Waals surface area contributed by atoms with Gasteiger partial charge in [-0.15, -0.1) is 13.2 Å². The van der Waals surface area contributed by atoms with Gasteiger partial charge in [-0.25, -0.2) is 13.4 Å². The zero-order valence-electron chi connectivity index (χ0n) is 21.9. The monoisotopic (exact) mass is 561 g/mol. The van der Waals surface area contributed by atoms with Crippen LogP contribution in [0.25, 0.3) is 28.0 Å². The van der Waals surface area contributed by atoms with Gasteiger partial charge in [-0.1, -0.05) is 12.1 Å². The molecule has 12 heteroatoms. The molecule has 208 valence electrons. The number of pyridine rings is 1. The molecule has 39 heavy (non-hydrogen) atoms. The second-order valence-corrected chi connectivity index (χ2v) is 12.8. The topological polar surface area (TPSA) is 82.2 Å². The third kappa shape index (κ3) is 6.11. The van der Waals surface area contributed by atoms with Crippen molar-refractivity contribution in [2.75, 3.05) is 24.6 Å². The van der Waals surface area contributed by atoms with Crippen molar-refractivity contribution in [1.82, 2.24) is 24.2 Å². The molecule has 0 N–H and O–H groups in total. The predicted molar refractivity (Wildman–Crippen MR) is 143 cm³/mol. The average Bonchev–Trinajstić information content (AvgIpc) is 3.44. The van der Waals surface area contributed by atoms with Gasteiger partial charge in [0.1, 0.15) is 11.4 Å². The van der Waals surface area contributed by atoms with Crippen molar-refractivity contribution in [3.8, 4) is 22.7 Å². The van der Waals surface area contributed by atoms with Crippen LogP contribution in [-0.4, -0.2) is 69.1 Å². The van der Waals surface area contributed by atoms with Gasteiger partial charge in [0.25, 0.3) is 0 Å². The van der Waals surface area contributed by atoms with E-state index in [-0.39, 0.29) is 22.8 Å². The number of rotatable bonds is 7. The minimum atomic E-state index is -4.78. The van der Waals surface area contributed by atoms with E-state index in [2.05, 4.69) is 28.6 Å². The standard InChI is InChI=1S/C27H30F3N5O3S/c1-26(2,34-11-13-39(36,37)14-12-34)10-9-20-17-35(21-16-31-33(3)18-21)25-23(20)7-8-24(32-25)19-5-4-6-22(15-19)38-27(28,29)30/h4-8,15-18H,9-14H2,1-3H3. The van der Waals surface area contributed by atoms with Crippen molar-refractivity contribution in [1.29, 1.82) is 0 Å². The Morgan fingerprint density at radius 3 is 2.46 bits per heavy atom. The van der Waals surface area contributed by atoms with Crippen LogP contribution >= 0.6 is 0 Å². The lowest BCUT2D eigenvalue weighted by molar-refractivity contribution is -0.274. The Labute approximate surface area is 224 Å². The van der Waals surface area contributed by atoms with Gasteiger partial charge in [0.05, 0.1) is 29.1 Å². The van der Waals surface area contributed by atoms with Crippen LogP contribution < -0.4 is 4.74 Å². The molecular weight excluding hydrogens is 531 g/mol. The summed E-state index contributed by atoms with van der Waals surface area (Å²) < 4.78 is 69.8. The van der Waals surface area contributed by atoms with Gasteiger partial charge in [-0.05, 0) is 56.5 Å². The molecule has 3 aromatic heterocycles. The van der Waals surface area contributed by atoms with Crippen LogP contribution in [-0.2, 0) is 23.3 Å². The number of aromatic nitrogens is 4. The fraction of sp³-hybridized carbons (Fsp3) is 0.407. The minimum absolute atomic E-state index is 0.179. The van der Waals surface area contributed by atoms with Crippen LogP contribution in [0.4, 0.5) is 13.2 Å². The van der Waals surface area contributed by atoms with Crippen molar-refractivity contribution >= 4 is 20.9 Å². The maximum absolute atomic E-state index is 12.8. The smallest absolute Gasteiger partial charge is 0.406 e. The Morgan fingerprint density at radius 2 is 1.79 bits per heavy atom. The largest absolute Gasteiger partial charge is 0.573 e. The summed E-state index contributed by atoms with van der Waals surface area (Å²) in [6, 6.07) is 9.51. The number of alkyl halides is 3. The molecule has 0 amide bonds. The summed E-state index contributed by atoms with van der Waals surface area (Å²) in [5.41, 5.74) is 3.36. The number of fused-ring (bicyclic) bond motifs is 1. The van der Waals surface area contributed by atoms with E-state index in [9.17, 15) is 21.6 Å². The van der Waals surface area contributed by atoms with Crippen molar-refractivity contribution in [2.24, 2.45) is 7.05 Å². The highest BCUT2D eigenvalue weighted by molar-refractivity contribution is 7.91. The zero-order valence-corrected chi connectivity index (χ0v) is 22.8.